The summed E-state index contributed by atoms with van der Waals surface area (Å²) in [6.45, 7) is 0. The second kappa shape index (κ2) is 9.50. The van der Waals surface area contributed by atoms with Gasteiger partial charge in [0.05, 0.1) is 0 Å². The Morgan fingerprint density at radius 1 is 1.43 bits per heavy atom. The Morgan fingerprint density at radius 3 is 2.29 bits per heavy atom. The van der Waals surface area contributed by atoms with Crippen LogP contribution in [0.3, 0.4) is 0 Å². The molecule has 0 aromatic rings. The molecule has 3 unspecified atom stereocenters. The number of carboxylic acids is 1. The van der Waals surface area contributed by atoms with E-state index in [0.29, 0.717) is 12.8 Å². The van der Waals surface area contributed by atoms with E-state index in [0.717, 1.165) is 0 Å². The zero-order valence-electron chi connectivity index (χ0n) is 6.79. The molecule has 0 radical (unpaired) electrons. The molecule has 0 amide bonds. The van der Waals surface area contributed by atoms with Crippen molar-refractivity contribution in [3.63, 3.8) is 0 Å². The number of aliphatic carboxylic acids is 1. The predicted molar refractivity (Wildman–Crippen MR) is 65.2 cm³/mol. The SMILES string of the molecule is O=C(O)C(S)C(S)CCCS(=O)O.[NaH]. The van der Waals surface area contributed by atoms with Crippen LogP contribution < -0.4 is 0 Å². The zero-order valence-corrected chi connectivity index (χ0v) is 9.39. The van der Waals surface area contributed by atoms with Crippen LogP contribution in [0, 0.1) is 0 Å². The van der Waals surface area contributed by atoms with Crippen molar-refractivity contribution in [1.82, 2.24) is 0 Å². The third-order valence-electron chi connectivity index (χ3n) is 1.44. The van der Waals surface area contributed by atoms with Crippen LogP contribution in [0.5, 0.6) is 0 Å². The van der Waals surface area contributed by atoms with E-state index >= 15 is 0 Å². The van der Waals surface area contributed by atoms with Gasteiger partial charge in [0.15, 0.2) is 11.1 Å². The summed E-state index contributed by atoms with van der Waals surface area (Å²) in [4.78, 5) is 10.4. The van der Waals surface area contributed by atoms with Crippen LogP contribution in [0.15, 0.2) is 0 Å². The quantitative estimate of drug-likeness (QED) is 0.311. The van der Waals surface area contributed by atoms with Crippen LogP contribution in [-0.2, 0) is 15.9 Å². The molecule has 0 bridgehead atoms. The van der Waals surface area contributed by atoms with Crippen LogP contribution in [0.2, 0.25) is 0 Å². The van der Waals surface area contributed by atoms with Crippen molar-refractivity contribution >= 4 is 71.9 Å². The van der Waals surface area contributed by atoms with Gasteiger partial charge in [-0.1, -0.05) is 0 Å². The molecule has 3 atom stereocenters. The monoisotopic (exact) mass is 268 g/mol. The molecule has 8 heteroatoms. The van der Waals surface area contributed by atoms with Gasteiger partial charge >= 0.3 is 35.5 Å². The normalized spacial score (nSPS) is 16.5. The third-order valence-corrected chi connectivity index (χ3v) is 3.45. The van der Waals surface area contributed by atoms with Gasteiger partial charge in [0.25, 0.3) is 0 Å². The minimum absolute atomic E-state index is 0. The molecule has 80 valence electrons. The van der Waals surface area contributed by atoms with Gasteiger partial charge < -0.3 is 9.66 Å². The standard InChI is InChI=1S/C6H12O4S3.Na.H/c7-6(8)5(12)4(11)2-1-3-13(9)10;;/h4-5,11-12H,1-3H2,(H,7,8)(H,9,10);;. The molecule has 0 aromatic carbocycles. The summed E-state index contributed by atoms with van der Waals surface area (Å²) >= 11 is 6.05. The second-order valence-corrected chi connectivity index (χ2v) is 4.79. The van der Waals surface area contributed by atoms with Gasteiger partial charge in [-0.05, 0) is 12.8 Å². The topological polar surface area (TPSA) is 74.6 Å². The molecule has 0 heterocycles. The fraction of sp³-hybridized carbons (Fsp3) is 0.833. The summed E-state index contributed by atoms with van der Waals surface area (Å²) in [5, 5.41) is 7.32. The molecule has 0 fully saturated rings. The van der Waals surface area contributed by atoms with Crippen LogP contribution in [0.1, 0.15) is 12.8 Å². The van der Waals surface area contributed by atoms with Gasteiger partial charge in [-0.3, -0.25) is 4.79 Å². The average Bonchev–Trinajstić information content (AvgIpc) is 2.02. The summed E-state index contributed by atoms with van der Waals surface area (Å²) in [6, 6.07) is 0. The fourth-order valence-electron chi connectivity index (χ4n) is 0.738. The average molecular weight is 268 g/mol. The van der Waals surface area contributed by atoms with E-state index < -0.39 is 22.3 Å². The summed E-state index contributed by atoms with van der Waals surface area (Å²) in [5.74, 6) is -0.870. The predicted octanol–water partition coefficient (Wildman–Crippen LogP) is 0.0212. The molecule has 2 N–H and O–H groups in total. The van der Waals surface area contributed by atoms with Crippen LogP contribution in [0.4, 0.5) is 0 Å². The van der Waals surface area contributed by atoms with Gasteiger partial charge in [0, 0.05) is 11.0 Å². The van der Waals surface area contributed by atoms with Gasteiger partial charge in [-0.15, -0.1) is 0 Å². The molecule has 14 heavy (non-hydrogen) atoms. The number of thiol groups is 2. The Morgan fingerprint density at radius 2 is 1.93 bits per heavy atom. The Bertz CT molecular complexity index is 202. The van der Waals surface area contributed by atoms with Crippen LogP contribution in [-0.4, -0.2) is 65.6 Å². The minimum atomic E-state index is -1.81. The Hall–Kier alpha value is 1.28. The first-order valence-corrected chi connectivity index (χ1v) is 5.92. The van der Waals surface area contributed by atoms with Crippen molar-refractivity contribution in [2.45, 2.75) is 23.3 Å². The summed E-state index contributed by atoms with van der Waals surface area (Å²) in [6.07, 6.45) is 0.942. The Kier molecular flexibility index (Phi) is 12.0. The first-order chi connectivity index (χ1) is 5.95. The first kappa shape index (κ1) is 17.7. The first-order valence-electron chi connectivity index (χ1n) is 3.61. The van der Waals surface area contributed by atoms with Crippen molar-refractivity contribution in [2.75, 3.05) is 5.75 Å². The Labute approximate surface area is 119 Å². The third kappa shape index (κ3) is 8.58. The number of carboxylic acid groups (broad SMARTS) is 1. The van der Waals surface area contributed by atoms with E-state index in [1.807, 2.05) is 0 Å². The number of rotatable bonds is 6. The van der Waals surface area contributed by atoms with Crippen molar-refractivity contribution in [2.24, 2.45) is 0 Å². The summed E-state index contributed by atoms with van der Waals surface area (Å²) in [5.41, 5.74) is 0. The van der Waals surface area contributed by atoms with E-state index in [2.05, 4.69) is 25.3 Å². The Balaban J connectivity index is 0. The van der Waals surface area contributed by atoms with Crippen molar-refractivity contribution in [1.29, 1.82) is 0 Å². The van der Waals surface area contributed by atoms with Gasteiger partial charge in [0.1, 0.15) is 5.25 Å². The van der Waals surface area contributed by atoms with Gasteiger partial charge in [0.2, 0.25) is 0 Å². The van der Waals surface area contributed by atoms with E-state index in [1.54, 1.807) is 0 Å². The molecule has 0 rings (SSSR count). The van der Waals surface area contributed by atoms with Gasteiger partial charge in [-0.2, -0.15) is 25.3 Å². The summed E-state index contributed by atoms with van der Waals surface area (Å²) in [7, 11) is 0. The zero-order chi connectivity index (χ0) is 10.4. The number of carbonyl (C=O) groups is 1. The maximum atomic E-state index is 10.4. The van der Waals surface area contributed by atoms with Gasteiger partial charge in [-0.25, -0.2) is 4.21 Å². The second-order valence-electron chi connectivity index (χ2n) is 2.52. The summed E-state index contributed by atoms with van der Waals surface area (Å²) < 4.78 is 18.7. The van der Waals surface area contributed by atoms with E-state index in [-0.39, 0.29) is 40.6 Å². The van der Waals surface area contributed by atoms with Crippen LogP contribution in [0.25, 0.3) is 0 Å². The molecule has 0 saturated carbocycles. The molecule has 0 aromatic heterocycles. The molecule has 0 aliphatic carbocycles. The van der Waals surface area contributed by atoms with E-state index in [1.165, 1.54) is 0 Å². The molecule has 0 saturated heterocycles. The number of hydrogen-bond donors (Lipinski definition) is 4. The fourth-order valence-corrected chi connectivity index (χ4v) is 1.61. The molecule has 0 aliphatic heterocycles. The van der Waals surface area contributed by atoms with E-state index in [9.17, 15) is 9.00 Å². The van der Waals surface area contributed by atoms with Crippen molar-refractivity contribution < 1.29 is 18.7 Å². The molecular formula is C6H13NaO4S3. The molecular weight excluding hydrogens is 255 g/mol. The van der Waals surface area contributed by atoms with Crippen LogP contribution >= 0.6 is 25.3 Å². The maximum absolute atomic E-state index is 10.4. The van der Waals surface area contributed by atoms with Crippen molar-refractivity contribution in [3.05, 3.63) is 0 Å². The van der Waals surface area contributed by atoms with Crippen molar-refractivity contribution in [3.8, 4) is 0 Å². The molecule has 0 spiro atoms. The molecule has 0 aliphatic rings. The van der Waals surface area contributed by atoms with E-state index in [4.69, 9.17) is 9.66 Å². The molecule has 4 nitrogen and oxygen atoms in total. The number of hydrogen-bond acceptors (Lipinski definition) is 4.